The molecular weight excluding hydrogens is 238 g/mol. The average molecular weight is 255 g/mol. The first-order chi connectivity index (χ1) is 9.36. The fourth-order valence-electron chi connectivity index (χ4n) is 2.30. The molecule has 4 nitrogen and oxygen atoms in total. The summed E-state index contributed by atoms with van der Waals surface area (Å²) in [4.78, 5) is 6.57. The number of para-hydroxylation sites is 1. The van der Waals surface area contributed by atoms with E-state index >= 15 is 0 Å². The molecule has 1 aromatic heterocycles. The lowest BCUT2D eigenvalue weighted by Crippen LogP contribution is -2.25. The summed E-state index contributed by atoms with van der Waals surface area (Å²) in [6.07, 6.45) is 1.83. The second-order valence-corrected chi connectivity index (χ2v) is 4.53. The SMILES string of the molecule is CNc1cc(N2CCOc3ccccc3C2)ccn1. The molecule has 98 valence electrons. The lowest BCUT2D eigenvalue weighted by molar-refractivity contribution is 0.331. The van der Waals surface area contributed by atoms with Crippen LogP contribution in [0, 0.1) is 0 Å². The zero-order chi connectivity index (χ0) is 13.1. The number of nitrogens with one attached hydrogen (secondary N) is 1. The third-order valence-corrected chi connectivity index (χ3v) is 3.32. The number of pyridine rings is 1. The Labute approximate surface area is 113 Å². The van der Waals surface area contributed by atoms with Crippen molar-refractivity contribution in [2.24, 2.45) is 0 Å². The molecule has 0 radical (unpaired) electrons. The van der Waals surface area contributed by atoms with E-state index < -0.39 is 0 Å². The maximum atomic E-state index is 5.78. The lowest BCUT2D eigenvalue weighted by atomic mass is 10.2. The highest BCUT2D eigenvalue weighted by Crippen LogP contribution is 2.26. The molecular formula is C15H17N3O. The molecule has 0 bridgehead atoms. The maximum Gasteiger partial charge on any atom is 0.127 e. The Morgan fingerprint density at radius 1 is 1.26 bits per heavy atom. The molecule has 0 spiro atoms. The lowest BCUT2D eigenvalue weighted by Gasteiger charge is -2.22. The monoisotopic (exact) mass is 255 g/mol. The summed E-state index contributed by atoms with van der Waals surface area (Å²) in [5.74, 6) is 1.88. The van der Waals surface area contributed by atoms with Gasteiger partial charge in [-0.3, -0.25) is 0 Å². The van der Waals surface area contributed by atoms with Crippen LogP contribution in [-0.4, -0.2) is 25.2 Å². The minimum Gasteiger partial charge on any atom is -0.491 e. The van der Waals surface area contributed by atoms with Crippen LogP contribution >= 0.6 is 0 Å². The molecule has 0 aliphatic carbocycles. The van der Waals surface area contributed by atoms with Crippen LogP contribution in [0.2, 0.25) is 0 Å². The second kappa shape index (κ2) is 5.18. The van der Waals surface area contributed by atoms with Gasteiger partial charge in [-0.25, -0.2) is 4.98 Å². The predicted molar refractivity (Wildman–Crippen MR) is 76.8 cm³/mol. The van der Waals surface area contributed by atoms with Gasteiger partial charge in [0.1, 0.15) is 18.2 Å². The normalized spacial score (nSPS) is 14.3. The molecule has 1 N–H and O–H groups in total. The first kappa shape index (κ1) is 11.8. The van der Waals surface area contributed by atoms with Crippen LogP contribution in [0.3, 0.4) is 0 Å². The number of hydrogen-bond acceptors (Lipinski definition) is 4. The summed E-state index contributed by atoms with van der Waals surface area (Å²) in [7, 11) is 1.88. The Hall–Kier alpha value is -2.23. The zero-order valence-electron chi connectivity index (χ0n) is 11.0. The van der Waals surface area contributed by atoms with Crippen molar-refractivity contribution in [1.29, 1.82) is 0 Å². The molecule has 19 heavy (non-hydrogen) atoms. The molecule has 0 unspecified atom stereocenters. The number of rotatable bonds is 2. The van der Waals surface area contributed by atoms with Crippen molar-refractivity contribution in [2.45, 2.75) is 6.54 Å². The van der Waals surface area contributed by atoms with Crippen molar-refractivity contribution < 1.29 is 4.74 Å². The minimum atomic E-state index is 0.703. The van der Waals surface area contributed by atoms with E-state index in [9.17, 15) is 0 Å². The van der Waals surface area contributed by atoms with Crippen LogP contribution < -0.4 is 15.0 Å². The van der Waals surface area contributed by atoms with Gasteiger partial charge >= 0.3 is 0 Å². The highest BCUT2D eigenvalue weighted by Gasteiger charge is 2.15. The Kier molecular flexibility index (Phi) is 3.23. The van der Waals surface area contributed by atoms with Crippen molar-refractivity contribution in [3.63, 3.8) is 0 Å². The van der Waals surface area contributed by atoms with E-state index in [-0.39, 0.29) is 0 Å². The van der Waals surface area contributed by atoms with E-state index in [2.05, 4.69) is 33.4 Å². The van der Waals surface area contributed by atoms with Gasteiger partial charge in [-0.1, -0.05) is 18.2 Å². The van der Waals surface area contributed by atoms with Crippen LogP contribution in [0.25, 0.3) is 0 Å². The summed E-state index contributed by atoms with van der Waals surface area (Å²) < 4.78 is 5.78. The summed E-state index contributed by atoms with van der Waals surface area (Å²) in [6.45, 7) is 2.44. The van der Waals surface area contributed by atoms with Crippen LogP contribution in [0.1, 0.15) is 5.56 Å². The molecule has 1 aliphatic heterocycles. The Morgan fingerprint density at radius 3 is 3.05 bits per heavy atom. The summed E-state index contributed by atoms with van der Waals surface area (Å²) >= 11 is 0. The maximum absolute atomic E-state index is 5.78. The van der Waals surface area contributed by atoms with E-state index in [1.54, 1.807) is 0 Å². The molecule has 1 aliphatic rings. The Morgan fingerprint density at radius 2 is 2.16 bits per heavy atom. The fraction of sp³-hybridized carbons (Fsp3) is 0.267. The molecule has 0 amide bonds. The Balaban J connectivity index is 1.89. The Bertz CT molecular complexity index is 571. The number of ether oxygens (including phenoxy) is 1. The van der Waals surface area contributed by atoms with E-state index in [1.807, 2.05) is 31.4 Å². The molecule has 3 rings (SSSR count). The number of hydrogen-bond donors (Lipinski definition) is 1. The van der Waals surface area contributed by atoms with Crippen molar-refractivity contribution in [1.82, 2.24) is 4.98 Å². The van der Waals surface area contributed by atoms with Crippen molar-refractivity contribution in [3.8, 4) is 5.75 Å². The summed E-state index contributed by atoms with van der Waals surface area (Å²) in [5.41, 5.74) is 2.39. The third-order valence-electron chi connectivity index (χ3n) is 3.32. The molecule has 0 fully saturated rings. The van der Waals surface area contributed by atoms with Crippen LogP contribution in [0.5, 0.6) is 5.75 Å². The van der Waals surface area contributed by atoms with Gasteiger partial charge in [-0.15, -0.1) is 0 Å². The molecule has 1 aromatic carbocycles. The van der Waals surface area contributed by atoms with Gasteiger partial charge in [0.25, 0.3) is 0 Å². The van der Waals surface area contributed by atoms with Gasteiger partial charge in [0.05, 0.1) is 6.54 Å². The highest BCUT2D eigenvalue weighted by molar-refractivity contribution is 5.55. The van der Waals surface area contributed by atoms with E-state index in [0.717, 1.165) is 24.7 Å². The molecule has 0 saturated carbocycles. The topological polar surface area (TPSA) is 37.4 Å². The van der Waals surface area contributed by atoms with Crippen LogP contribution in [-0.2, 0) is 6.54 Å². The van der Waals surface area contributed by atoms with Crippen molar-refractivity contribution >= 4 is 11.5 Å². The minimum absolute atomic E-state index is 0.703. The van der Waals surface area contributed by atoms with Gasteiger partial charge in [0, 0.05) is 37.1 Å². The average Bonchev–Trinajstić information content (AvgIpc) is 2.69. The number of aromatic nitrogens is 1. The fourth-order valence-corrected chi connectivity index (χ4v) is 2.30. The van der Waals surface area contributed by atoms with E-state index in [4.69, 9.17) is 4.74 Å². The first-order valence-electron chi connectivity index (χ1n) is 6.46. The molecule has 2 heterocycles. The smallest absolute Gasteiger partial charge is 0.127 e. The molecule has 4 heteroatoms. The molecule has 0 saturated heterocycles. The number of nitrogens with zero attached hydrogens (tertiary/aromatic N) is 2. The third kappa shape index (κ3) is 2.47. The highest BCUT2D eigenvalue weighted by atomic mass is 16.5. The summed E-state index contributed by atoms with van der Waals surface area (Å²) in [6, 6.07) is 12.3. The van der Waals surface area contributed by atoms with E-state index in [0.29, 0.717) is 6.61 Å². The van der Waals surface area contributed by atoms with Gasteiger partial charge in [0.15, 0.2) is 0 Å². The van der Waals surface area contributed by atoms with Gasteiger partial charge in [-0.05, 0) is 12.1 Å². The van der Waals surface area contributed by atoms with Crippen molar-refractivity contribution in [2.75, 3.05) is 30.4 Å². The van der Waals surface area contributed by atoms with Gasteiger partial charge in [0.2, 0.25) is 0 Å². The predicted octanol–water partition coefficient (Wildman–Crippen LogP) is 2.52. The van der Waals surface area contributed by atoms with Gasteiger partial charge in [-0.2, -0.15) is 0 Å². The zero-order valence-corrected chi connectivity index (χ0v) is 11.0. The molecule has 0 atom stereocenters. The van der Waals surface area contributed by atoms with Gasteiger partial charge < -0.3 is 15.0 Å². The molecule has 2 aromatic rings. The second-order valence-electron chi connectivity index (χ2n) is 4.53. The van der Waals surface area contributed by atoms with Crippen LogP contribution in [0.15, 0.2) is 42.6 Å². The number of fused-ring (bicyclic) bond motifs is 1. The van der Waals surface area contributed by atoms with Crippen LogP contribution in [0.4, 0.5) is 11.5 Å². The number of anilines is 2. The standard InChI is InChI=1S/C15H17N3O/c1-16-15-10-13(6-7-17-15)18-8-9-19-14-5-3-2-4-12(14)11-18/h2-7,10H,8-9,11H2,1H3,(H,16,17). The first-order valence-corrected chi connectivity index (χ1v) is 6.46. The van der Waals surface area contributed by atoms with E-state index in [1.165, 1.54) is 11.3 Å². The largest absolute Gasteiger partial charge is 0.491 e. The quantitative estimate of drug-likeness (QED) is 0.894. The number of benzene rings is 1. The summed E-state index contributed by atoms with van der Waals surface area (Å²) in [5, 5.41) is 3.07. The van der Waals surface area contributed by atoms with Crippen molar-refractivity contribution in [3.05, 3.63) is 48.2 Å².